The molecule has 0 N–H and O–H groups in total. The van der Waals surface area contributed by atoms with E-state index in [0.29, 0.717) is 5.92 Å². The lowest BCUT2D eigenvalue weighted by Gasteiger charge is -2.24. The van der Waals surface area contributed by atoms with Crippen LogP contribution < -0.4 is 0 Å². The van der Waals surface area contributed by atoms with Gasteiger partial charge in [0.05, 0.1) is 5.41 Å². The van der Waals surface area contributed by atoms with E-state index in [-0.39, 0.29) is 11.4 Å². The van der Waals surface area contributed by atoms with Crippen LogP contribution in [0.25, 0.3) is 0 Å². The van der Waals surface area contributed by atoms with Crippen molar-refractivity contribution in [3.63, 3.8) is 0 Å². The van der Waals surface area contributed by atoms with Crippen molar-refractivity contribution in [1.82, 2.24) is 0 Å². The van der Waals surface area contributed by atoms with E-state index in [1.54, 1.807) is 7.11 Å². The van der Waals surface area contributed by atoms with E-state index in [2.05, 4.69) is 13.8 Å². The fourth-order valence-corrected chi connectivity index (χ4v) is 2.03. The summed E-state index contributed by atoms with van der Waals surface area (Å²) >= 11 is 0. The molecule has 0 aliphatic rings. The molecule has 0 heterocycles. The molecule has 78 valence electrons. The lowest BCUT2D eigenvalue weighted by Crippen LogP contribution is -2.29. The zero-order valence-electron chi connectivity index (χ0n) is 9.22. The third-order valence-corrected chi connectivity index (χ3v) is 2.39. The number of carbonyl (C=O) groups is 1. The van der Waals surface area contributed by atoms with Gasteiger partial charge in [-0.15, -0.1) is 0 Å². The van der Waals surface area contributed by atoms with E-state index >= 15 is 0 Å². The molecule has 0 fully saturated rings. The molecule has 0 atom stereocenters. The molecule has 4 heteroatoms. The first-order chi connectivity index (χ1) is 5.90. The number of carbonyl (C=O) groups excluding carboxylic acids is 1. The highest BCUT2D eigenvalue weighted by Gasteiger charge is 2.29. The summed E-state index contributed by atoms with van der Waals surface area (Å²) in [7, 11) is 0.475. The SMILES string of the molecule is CO[SiH2]OC(=O)C(C)(C)CC(C)C. The van der Waals surface area contributed by atoms with E-state index in [9.17, 15) is 4.79 Å². The minimum absolute atomic E-state index is 0.130. The molecule has 0 aliphatic heterocycles. The van der Waals surface area contributed by atoms with Crippen molar-refractivity contribution < 1.29 is 13.6 Å². The Morgan fingerprint density at radius 3 is 2.38 bits per heavy atom. The molecule has 0 rings (SSSR count). The highest BCUT2D eigenvalue weighted by atomic mass is 28.3. The Labute approximate surface area is 82.9 Å². The summed E-state index contributed by atoms with van der Waals surface area (Å²) in [5, 5.41) is 0. The van der Waals surface area contributed by atoms with Gasteiger partial charge in [0, 0.05) is 7.11 Å². The van der Waals surface area contributed by atoms with Crippen LogP contribution in [-0.2, 0) is 13.6 Å². The van der Waals surface area contributed by atoms with Gasteiger partial charge in [-0.05, 0) is 26.2 Å². The number of hydrogen-bond donors (Lipinski definition) is 0. The molecule has 0 amide bonds. The summed E-state index contributed by atoms with van der Waals surface area (Å²) in [4.78, 5) is 11.5. The van der Waals surface area contributed by atoms with Gasteiger partial charge < -0.3 is 8.85 Å². The maximum Gasteiger partial charge on any atom is 0.368 e. The van der Waals surface area contributed by atoms with Crippen LogP contribution in [0.3, 0.4) is 0 Å². The maximum atomic E-state index is 11.5. The van der Waals surface area contributed by atoms with Crippen molar-refractivity contribution in [2.24, 2.45) is 11.3 Å². The fraction of sp³-hybridized carbons (Fsp3) is 0.889. The van der Waals surface area contributed by atoms with Crippen molar-refractivity contribution in [3.05, 3.63) is 0 Å². The van der Waals surface area contributed by atoms with Gasteiger partial charge in [0.25, 0.3) is 5.97 Å². The standard InChI is InChI=1S/C9H20O3Si/c1-7(2)6-9(3,4)8(10)12-13-11-5/h7H,6,13H2,1-5H3. The van der Waals surface area contributed by atoms with Crippen molar-refractivity contribution in [2.45, 2.75) is 34.1 Å². The highest BCUT2D eigenvalue weighted by Crippen LogP contribution is 2.26. The van der Waals surface area contributed by atoms with Gasteiger partial charge in [-0.25, -0.2) is 0 Å². The van der Waals surface area contributed by atoms with E-state index in [1.807, 2.05) is 13.8 Å². The monoisotopic (exact) mass is 204 g/mol. The van der Waals surface area contributed by atoms with Crippen LogP contribution in [0.2, 0.25) is 0 Å². The molecule has 13 heavy (non-hydrogen) atoms. The summed E-state index contributed by atoms with van der Waals surface area (Å²) in [6, 6.07) is 0. The number of hydrogen-bond acceptors (Lipinski definition) is 3. The quantitative estimate of drug-likeness (QED) is 0.632. The van der Waals surface area contributed by atoms with Gasteiger partial charge in [0.15, 0.2) is 0 Å². The third-order valence-electron chi connectivity index (χ3n) is 1.78. The van der Waals surface area contributed by atoms with Gasteiger partial charge >= 0.3 is 10.0 Å². The Hall–Kier alpha value is -0.353. The fourth-order valence-electron chi connectivity index (χ4n) is 1.41. The third kappa shape index (κ3) is 5.05. The molecule has 0 spiro atoms. The topological polar surface area (TPSA) is 35.5 Å². The van der Waals surface area contributed by atoms with Crippen molar-refractivity contribution in [1.29, 1.82) is 0 Å². The Kier molecular flexibility index (Phi) is 5.25. The van der Waals surface area contributed by atoms with Gasteiger partial charge in [0.1, 0.15) is 0 Å². The second-order valence-electron chi connectivity index (χ2n) is 4.32. The van der Waals surface area contributed by atoms with Crippen molar-refractivity contribution >= 4 is 16.0 Å². The van der Waals surface area contributed by atoms with Crippen LogP contribution >= 0.6 is 0 Å². The van der Waals surface area contributed by atoms with Crippen molar-refractivity contribution in [2.75, 3.05) is 7.11 Å². The predicted octanol–water partition coefficient (Wildman–Crippen LogP) is 1.25. The largest absolute Gasteiger partial charge is 0.499 e. The molecule has 0 radical (unpaired) electrons. The Morgan fingerprint density at radius 2 is 2.00 bits per heavy atom. The summed E-state index contributed by atoms with van der Waals surface area (Å²) in [6.07, 6.45) is 0.851. The highest BCUT2D eigenvalue weighted by molar-refractivity contribution is 6.22. The first-order valence-electron chi connectivity index (χ1n) is 4.56. The van der Waals surface area contributed by atoms with Crippen LogP contribution in [0.4, 0.5) is 0 Å². The minimum Gasteiger partial charge on any atom is -0.499 e. The molecule has 0 aromatic heterocycles. The Morgan fingerprint density at radius 1 is 1.46 bits per heavy atom. The van der Waals surface area contributed by atoms with E-state index < -0.39 is 10.0 Å². The maximum absolute atomic E-state index is 11.5. The summed E-state index contributed by atoms with van der Waals surface area (Å²) < 4.78 is 9.84. The van der Waals surface area contributed by atoms with Crippen LogP contribution in [0, 0.1) is 11.3 Å². The van der Waals surface area contributed by atoms with Crippen molar-refractivity contribution in [3.8, 4) is 0 Å². The molecule has 0 aromatic rings. The average Bonchev–Trinajstić information content (AvgIpc) is 1.97. The van der Waals surface area contributed by atoms with E-state index in [4.69, 9.17) is 8.85 Å². The summed E-state index contributed by atoms with van der Waals surface area (Å²) in [5.41, 5.74) is -0.375. The predicted molar refractivity (Wildman–Crippen MR) is 54.9 cm³/mol. The zero-order valence-corrected chi connectivity index (χ0v) is 10.6. The van der Waals surface area contributed by atoms with Gasteiger partial charge in [-0.3, -0.25) is 4.79 Å². The first kappa shape index (κ1) is 12.6. The Balaban J connectivity index is 4.03. The lowest BCUT2D eigenvalue weighted by atomic mass is 9.84. The smallest absolute Gasteiger partial charge is 0.368 e. The molecule has 0 saturated heterocycles. The van der Waals surface area contributed by atoms with Gasteiger partial charge in [-0.2, -0.15) is 0 Å². The lowest BCUT2D eigenvalue weighted by molar-refractivity contribution is -0.145. The zero-order chi connectivity index (χ0) is 10.5. The molecule has 0 aliphatic carbocycles. The van der Waals surface area contributed by atoms with Crippen LogP contribution in [-0.4, -0.2) is 23.1 Å². The average molecular weight is 204 g/mol. The first-order valence-corrected chi connectivity index (χ1v) is 5.72. The molecular weight excluding hydrogens is 184 g/mol. The van der Waals surface area contributed by atoms with Crippen LogP contribution in [0.15, 0.2) is 0 Å². The van der Waals surface area contributed by atoms with Gasteiger partial charge in [0.2, 0.25) is 0 Å². The van der Waals surface area contributed by atoms with E-state index in [0.717, 1.165) is 6.42 Å². The number of rotatable bonds is 5. The van der Waals surface area contributed by atoms with Gasteiger partial charge in [-0.1, -0.05) is 13.8 Å². The molecule has 0 saturated carbocycles. The summed E-state index contributed by atoms with van der Waals surface area (Å²) in [5.74, 6) is 0.376. The molecule has 3 nitrogen and oxygen atoms in total. The molecule has 0 bridgehead atoms. The van der Waals surface area contributed by atoms with E-state index in [1.165, 1.54) is 0 Å². The second kappa shape index (κ2) is 5.39. The summed E-state index contributed by atoms with van der Waals surface area (Å²) in [6.45, 7) is 8.03. The second-order valence-corrected chi connectivity index (χ2v) is 5.42. The van der Waals surface area contributed by atoms with Crippen LogP contribution in [0.1, 0.15) is 34.1 Å². The Bertz CT molecular complexity index is 166. The minimum atomic E-state index is -1.09. The molecule has 0 unspecified atom stereocenters. The normalized spacial score (nSPS) is 12.8. The molecule has 0 aromatic carbocycles. The molecular formula is C9H20O3Si. The van der Waals surface area contributed by atoms with Crippen LogP contribution in [0.5, 0.6) is 0 Å².